The maximum absolute atomic E-state index is 12.9. The fourth-order valence-corrected chi connectivity index (χ4v) is 2.83. The Balaban J connectivity index is 1.71. The second-order valence-electron chi connectivity index (χ2n) is 5.54. The minimum absolute atomic E-state index is 0.188. The van der Waals surface area contributed by atoms with E-state index < -0.39 is 0 Å². The third-order valence-electron chi connectivity index (χ3n) is 4.00. The predicted molar refractivity (Wildman–Crippen MR) is 86.2 cm³/mol. The second-order valence-corrected chi connectivity index (χ2v) is 5.54. The third kappa shape index (κ3) is 3.54. The van der Waals surface area contributed by atoms with E-state index in [-0.39, 0.29) is 5.82 Å². The molecule has 1 fully saturated rings. The Bertz CT molecular complexity index is 574. The van der Waals surface area contributed by atoms with Crippen LogP contribution in [-0.2, 0) is 6.54 Å². The van der Waals surface area contributed by atoms with E-state index in [1.54, 1.807) is 0 Å². The molecule has 1 N–H and O–H groups in total. The van der Waals surface area contributed by atoms with Gasteiger partial charge in [0.25, 0.3) is 0 Å². The summed E-state index contributed by atoms with van der Waals surface area (Å²) in [5, 5.41) is 3.48. The highest BCUT2D eigenvalue weighted by molar-refractivity contribution is 5.70. The van der Waals surface area contributed by atoms with E-state index in [4.69, 9.17) is 0 Å². The Morgan fingerprint density at radius 1 is 0.905 bits per heavy atom. The molecule has 0 aromatic heterocycles. The summed E-state index contributed by atoms with van der Waals surface area (Å²) in [6.07, 6.45) is 3.88. The summed E-state index contributed by atoms with van der Waals surface area (Å²) in [5.41, 5.74) is 3.52. The van der Waals surface area contributed by atoms with E-state index in [9.17, 15) is 4.39 Å². The van der Waals surface area contributed by atoms with Gasteiger partial charge >= 0.3 is 0 Å². The van der Waals surface area contributed by atoms with Crippen LogP contribution in [0.4, 0.5) is 15.8 Å². The molecule has 1 aliphatic rings. The molecule has 0 bridgehead atoms. The Labute approximate surface area is 125 Å². The van der Waals surface area contributed by atoms with E-state index in [1.807, 2.05) is 12.1 Å². The molecule has 1 heterocycles. The minimum atomic E-state index is -0.188. The Morgan fingerprint density at radius 2 is 1.62 bits per heavy atom. The van der Waals surface area contributed by atoms with Crippen molar-refractivity contribution < 1.29 is 4.39 Å². The van der Waals surface area contributed by atoms with Gasteiger partial charge in [0.2, 0.25) is 0 Å². The van der Waals surface area contributed by atoms with Crippen molar-refractivity contribution in [2.24, 2.45) is 0 Å². The topological polar surface area (TPSA) is 15.3 Å². The molecule has 1 saturated heterocycles. The number of nitrogens with zero attached hydrogens (tertiary/aromatic N) is 1. The summed E-state index contributed by atoms with van der Waals surface area (Å²) < 4.78 is 12.9. The Kier molecular flexibility index (Phi) is 4.39. The lowest BCUT2D eigenvalue weighted by Gasteiger charge is -2.30. The van der Waals surface area contributed by atoms with Gasteiger partial charge in [-0.1, -0.05) is 24.3 Å². The first-order chi connectivity index (χ1) is 10.3. The molecule has 0 aliphatic carbocycles. The number of halogens is 1. The summed E-state index contributed by atoms with van der Waals surface area (Å²) in [6, 6.07) is 15.1. The monoisotopic (exact) mass is 284 g/mol. The van der Waals surface area contributed by atoms with Gasteiger partial charge in [-0.25, -0.2) is 4.39 Å². The Hall–Kier alpha value is -2.03. The van der Waals surface area contributed by atoms with Crippen molar-refractivity contribution in [1.82, 2.24) is 0 Å². The van der Waals surface area contributed by atoms with Crippen LogP contribution < -0.4 is 10.2 Å². The molecule has 110 valence electrons. The zero-order valence-electron chi connectivity index (χ0n) is 12.2. The molecule has 0 unspecified atom stereocenters. The average Bonchev–Trinajstić information content (AvgIpc) is 2.55. The van der Waals surface area contributed by atoms with Crippen LogP contribution in [-0.4, -0.2) is 13.1 Å². The molecule has 2 aromatic carbocycles. The third-order valence-corrected chi connectivity index (χ3v) is 4.00. The SMILES string of the molecule is Fc1ccc(CNc2ccccc2N2CCCCC2)cc1. The average molecular weight is 284 g/mol. The number of nitrogens with one attached hydrogen (secondary N) is 1. The number of hydrogen-bond donors (Lipinski definition) is 1. The van der Waals surface area contributed by atoms with Gasteiger partial charge in [0.15, 0.2) is 0 Å². The molecule has 0 atom stereocenters. The van der Waals surface area contributed by atoms with Crippen LogP contribution in [0.15, 0.2) is 48.5 Å². The van der Waals surface area contributed by atoms with Gasteiger partial charge in [0.1, 0.15) is 5.82 Å². The molecular formula is C18H21FN2. The smallest absolute Gasteiger partial charge is 0.123 e. The van der Waals surface area contributed by atoms with Gasteiger partial charge in [0.05, 0.1) is 11.4 Å². The summed E-state index contributed by atoms with van der Waals surface area (Å²) in [6.45, 7) is 2.98. The molecule has 0 amide bonds. The summed E-state index contributed by atoms with van der Waals surface area (Å²) in [7, 11) is 0. The van der Waals surface area contributed by atoms with Gasteiger partial charge in [-0.3, -0.25) is 0 Å². The quantitative estimate of drug-likeness (QED) is 0.893. The number of anilines is 2. The number of hydrogen-bond acceptors (Lipinski definition) is 2. The second kappa shape index (κ2) is 6.61. The minimum Gasteiger partial charge on any atom is -0.379 e. The maximum Gasteiger partial charge on any atom is 0.123 e. The molecule has 21 heavy (non-hydrogen) atoms. The molecule has 3 heteroatoms. The van der Waals surface area contributed by atoms with Gasteiger partial charge in [-0.15, -0.1) is 0 Å². The van der Waals surface area contributed by atoms with Crippen molar-refractivity contribution in [2.75, 3.05) is 23.3 Å². The van der Waals surface area contributed by atoms with Crippen LogP contribution in [0.5, 0.6) is 0 Å². The van der Waals surface area contributed by atoms with E-state index in [1.165, 1.54) is 37.1 Å². The van der Waals surface area contributed by atoms with Crippen LogP contribution in [0.25, 0.3) is 0 Å². The molecule has 2 nitrogen and oxygen atoms in total. The highest BCUT2D eigenvalue weighted by atomic mass is 19.1. The highest BCUT2D eigenvalue weighted by Gasteiger charge is 2.13. The van der Waals surface area contributed by atoms with Crippen molar-refractivity contribution >= 4 is 11.4 Å². The van der Waals surface area contributed by atoms with Crippen LogP contribution in [0.2, 0.25) is 0 Å². The van der Waals surface area contributed by atoms with E-state index in [2.05, 4.69) is 34.5 Å². The van der Waals surface area contributed by atoms with Gasteiger partial charge in [0, 0.05) is 19.6 Å². The van der Waals surface area contributed by atoms with Gasteiger partial charge < -0.3 is 10.2 Å². The zero-order chi connectivity index (χ0) is 14.5. The number of para-hydroxylation sites is 2. The van der Waals surface area contributed by atoms with Crippen LogP contribution in [0.3, 0.4) is 0 Å². The highest BCUT2D eigenvalue weighted by Crippen LogP contribution is 2.28. The van der Waals surface area contributed by atoms with Gasteiger partial charge in [-0.05, 0) is 49.1 Å². The summed E-state index contributed by atoms with van der Waals surface area (Å²) >= 11 is 0. The first kappa shape index (κ1) is 13.9. The summed E-state index contributed by atoms with van der Waals surface area (Å²) in [5.74, 6) is -0.188. The molecule has 3 rings (SSSR count). The van der Waals surface area contributed by atoms with Crippen LogP contribution in [0, 0.1) is 5.82 Å². The van der Waals surface area contributed by atoms with Crippen molar-refractivity contribution in [3.8, 4) is 0 Å². The van der Waals surface area contributed by atoms with Crippen LogP contribution in [0.1, 0.15) is 24.8 Å². The zero-order valence-corrected chi connectivity index (χ0v) is 12.2. The molecule has 0 radical (unpaired) electrons. The van der Waals surface area contributed by atoms with E-state index in [0.29, 0.717) is 6.54 Å². The van der Waals surface area contributed by atoms with E-state index >= 15 is 0 Å². The molecule has 1 aliphatic heterocycles. The first-order valence-corrected chi connectivity index (χ1v) is 7.65. The number of benzene rings is 2. The number of rotatable bonds is 4. The molecular weight excluding hydrogens is 263 g/mol. The standard InChI is InChI=1S/C18H21FN2/c19-16-10-8-15(9-11-16)14-20-17-6-2-3-7-18(17)21-12-4-1-5-13-21/h2-3,6-11,20H,1,4-5,12-14H2. The van der Waals surface area contributed by atoms with Crippen molar-refractivity contribution in [2.45, 2.75) is 25.8 Å². The summed E-state index contributed by atoms with van der Waals surface area (Å²) in [4.78, 5) is 2.45. The number of piperidine rings is 1. The molecule has 2 aromatic rings. The molecule has 0 saturated carbocycles. The van der Waals surface area contributed by atoms with Crippen molar-refractivity contribution in [3.63, 3.8) is 0 Å². The van der Waals surface area contributed by atoms with E-state index in [0.717, 1.165) is 24.3 Å². The first-order valence-electron chi connectivity index (χ1n) is 7.65. The lowest BCUT2D eigenvalue weighted by Crippen LogP contribution is -2.30. The largest absolute Gasteiger partial charge is 0.379 e. The van der Waals surface area contributed by atoms with Crippen molar-refractivity contribution in [1.29, 1.82) is 0 Å². The maximum atomic E-state index is 12.9. The molecule has 0 spiro atoms. The van der Waals surface area contributed by atoms with Gasteiger partial charge in [-0.2, -0.15) is 0 Å². The normalized spacial score (nSPS) is 15.0. The predicted octanol–water partition coefficient (Wildman–Crippen LogP) is 4.43. The van der Waals surface area contributed by atoms with Crippen LogP contribution >= 0.6 is 0 Å². The Morgan fingerprint density at radius 3 is 2.38 bits per heavy atom. The lowest BCUT2D eigenvalue weighted by molar-refractivity contribution is 0.578. The fourth-order valence-electron chi connectivity index (χ4n) is 2.83. The fraction of sp³-hybridized carbons (Fsp3) is 0.333. The van der Waals surface area contributed by atoms with Crippen molar-refractivity contribution in [3.05, 3.63) is 59.9 Å². The lowest BCUT2D eigenvalue weighted by atomic mass is 10.1.